The summed E-state index contributed by atoms with van der Waals surface area (Å²) in [6, 6.07) is 4.36. The summed E-state index contributed by atoms with van der Waals surface area (Å²) in [7, 11) is 0. The van der Waals surface area contributed by atoms with Gasteiger partial charge in [0.1, 0.15) is 29.4 Å². The third-order valence-electron chi connectivity index (χ3n) is 4.52. The Balaban J connectivity index is 1.73. The van der Waals surface area contributed by atoms with Crippen molar-refractivity contribution in [2.45, 2.75) is 44.8 Å². The fourth-order valence-electron chi connectivity index (χ4n) is 3.12. The molecule has 9 heteroatoms. The van der Waals surface area contributed by atoms with Crippen molar-refractivity contribution in [3.63, 3.8) is 0 Å². The molecule has 0 atom stereocenters. The van der Waals surface area contributed by atoms with Crippen LogP contribution in [0.3, 0.4) is 0 Å². The van der Waals surface area contributed by atoms with E-state index in [-0.39, 0.29) is 29.7 Å². The van der Waals surface area contributed by atoms with Crippen molar-refractivity contribution in [3.05, 3.63) is 27.8 Å². The Labute approximate surface area is 156 Å². The molecule has 3 rings (SSSR count). The van der Waals surface area contributed by atoms with Crippen LogP contribution < -0.4 is 9.47 Å². The molecule has 1 spiro atoms. The number of rotatable bonds is 1. The summed E-state index contributed by atoms with van der Waals surface area (Å²) in [5, 5.41) is 20.2. The van der Waals surface area contributed by atoms with E-state index in [0.717, 1.165) is 0 Å². The molecule has 1 fully saturated rings. The van der Waals surface area contributed by atoms with Crippen LogP contribution in [0, 0.1) is 21.4 Å². The van der Waals surface area contributed by atoms with Gasteiger partial charge in [0.15, 0.2) is 11.5 Å². The van der Waals surface area contributed by atoms with E-state index < -0.39 is 16.1 Å². The second-order valence-corrected chi connectivity index (χ2v) is 7.73. The molecule has 0 saturated carbocycles. The van der Waals surface area contributed by atoms with E-state index in [0.29, 0.717) is 31.7 Å². The molecule has 2 heterocycles. The van der Waals surface area contributed by atoms with E-state index >= 15 is 0 Å². The maximum atomic E-state index is 12.2. The largest absolute Gasteiger partial charge is 0.485 e. The van der Waals surface area contributed by atoms with Crippen molar-refractivity contribution in [1.29, 1.82) is 5.26 Å². The van der Waals surface area contributed by atoms with Gasteiger partial charge in [0, 0.05) is 32.0 Å². The second-order valence-electron chi connectivity index (χ2n) is 7.73. The number of amides is 1. The Morgan fingerprint density at radius 3 is 2.56 bits per heavy atom. The van der Waals surface area contributed by atoms with Crippen molar-refractivity contribution in [2.24, 2.45) is 0 Å². The minimum Gasteiger partial charge on any atom is -0.485 e. The first kappa shape index (κ1) is 18.8. The van der Waals surface area contributed by atoms with Crippen LogP contribution in [0.4, 0.5) is 10.5 Å². The highest BCUT2D eigenvalue weighted by Crippen LogP contribution is 2.42. The Bertz CT molecular complexity index is 816. The predicted molar refractivity (Wildman–Crippen MR) is 93.7 cm³/mol. The first-order valence-corrected chi connectivity index (χ1v) is 8.65. The number of nitro groups is 1. The van der Waals surface area contributed by atoms with Crippen molar-refractivity contribution < 1.29 is 23.9 Å². The predicted octanol–water partition coefficient (Wildman–Crippen LogP) is 3.01. The maximum Gasteiger partial charge on any atom is 0.410 e. The summed E-state index contributed by atoms with van der Waals surface area (Å²) in [5.74, 6) is 0.565. The summed E-state index contributed by atoms with van der Waals surface area (Å²) in [5.41, 5.74) is -1.61. The molecule has 2 aliphatic heterocycles. The van der Waals surface area contributed by atoms with Crippen LogP contribution in [0.1, 0.15) is 39.2 Å². The fourth-order valence-corrected chi connectivity index (χ4v) is 3.12. The summed E-state index contributed by atoms with van der Waals surface area (Å²) in [4.78, 5) is 24.4. The zero-order valence-corrected chi connectivity index (χ0v) is 15.5. The number of carbonyl (C=O) groups excluding carboxylic acids is 1. The highest BCUT2D eigenvalue weighted by atomic mass is 16.6. The standard InChI is InChI=1S/C18H21N3O6/c1-17(2,3)27-16(22)20-6-4-18(5-7-20)11-25-14-8-12(10-19)13(21(23)24)9-15(14)26-18/h8-9H,4-7,11H2,1-3H3. The number of nitrogens with zero attached hydrogens (tertiary/aromatic N) is 3. The molecule has 0 aromatic heterocycles. The van der Waals surface area contributed by atoms with Gasteiger partial charge in [0.25, 0.3) is 5.69 Å². The highest BCUT2D eigenvalue weighted by Gasteiger charge is 2.43. The number of likely N-dealkylation sites (tertiary alicyclic amines) is 1. The van der Waals surface area contributed by atoms with Gasteiger partial charge >= 0.3 is 6.09 Å². The van der Waals surface area contributed by atoms with E-state index in [9.17, 15) is 14.9 Å². The summed E-state index contributed by atoms with van der Waals surface area (Å²) < 4.78 is 17.2. The number of nitro benzene ring substituents is 1. The Kier molecular flexibility index (Phi) is 4.59. The molecular weight excluding hydrogens is 354 g/mol. The first-order valence-electron chi connectivity index (χ1n) is 8.65. The number of nitriles is 1. The highest BCUT2D eigenvalue weighted by molar-refractivity contribution is 5.68. The number of carbonyl (C=O) groups is 1. The second kappa shape index (κ2) is 6.61. The van der Waals surface area contributed by atoms with Crippen molar-refractivity contribution >= 4 is 11.8 Å². The third kappa shape index (κ3) is 3.89. The van der Waals surface area contributed by atoms with E-state index in [1.54, 1.807) is 11.0 Å². The Morgan fingerprint density at radius 1 is 1.33 bits per heavy atom. The van der Waals surface area contributed by atoms with Crippen LogP contribution in [0.5, 0.6) is 11.5 Å². The van der Waals surface area contributed by atoms with Gasteiger partial charge in [-0.2, -0.15) is 5.26 Å². The van der Waals surface area contributed by atoms with Gasteiger partial charge in [-0.05, 0) is 20.8 Å². The number of piperidine rings is 1. The number of benzene rings is 1. The number of hydrogen-bond donors (Lipinski definition) is 0. The van der Waals surface area contributed by atoms with Crippen molar-refractivity contribution in [1.82, 2.24) is 4.90 Å². The average molecular weight is 375 g/mol. The van der Waals surface area contributed by atoms with Gasteiger partial charge in [-0.25, -0.2) is 4.79 Å². The third-order valence-corrected chi connectivity index (χ3v) is 4.52. The molecule has 0 bridgehead atoms. The fraction of sp³-hybridized carbons (Fsp3) is 0.556. The minimum absolute atomic E-state index is 0.0713. The molecule has 1 saturated heterocycles. The number of fused-ring (bicyclic) bond motifs is 1. The zero-order valence-electron chi connectivity index (χ0n) is 15.5. The first-order chi connectivity index (χ1) is 12.6. The summed E-state index contributed by atoms with van der Waals surface area (Å²) >= 11 is 0. The maximum absolute atomic E-state index is 12.2. The molecule has 27 heavy (non-hydrogen) atoms. The van der Waals surface area contributed by atoms with E-state index in [4.69, 9.17) is 19.5 Å². The lowest BCUT2D eigenvalue weighted by Crippen LogP contribution is -2.54. The topological polar surface area (TPSA) is 115 Å². The molecule has 0 radical (unpaired) electrons. The molecule has 9 nitrogen and oxygen atoms in total. The van der Waals surface area contributed by atoms with E-state index in [2.05, 4.69) is 0 Å². The van der Waals surface area contributed by atoms with E-state index in [1.165, 1.54) is 12.1 Å². The van der Waals surface area contributed by atoms with Crippen LogP contribution in [-0.2, 0) is 4.74 Å². The molecule has 1 amide bonds. The van der Waals surface area contributed by atoms with Crippen LogP contribution >= 0.6 is 0 Å². The smallest absolute Gasteiger partial charge is 0.410 e. The Hall–Kier alpha value is -3.02. The lowest BCUT2D eigenvalue weighted by Gasteiger charge is -2.43. The molecule has 1 aromatic carbocycles. The zero-order chi connectivity index (χ0) is 19.8. The van der Waals surface area contributed by atoms with Gasteiger partial charge in [0.05, 0.1) is 11.0 Å². The minimum atomic E-state index is -0.659. The van der Waals surface area contributed by atoms with Crippen molar-refractivity contribution in [2.75, 3.05) is 19.7 Å². The molecule has 1 aromatic rings. The van der Waals surface area contributed by atoms with Crippen LogP contribution in [0.2, 0.25) is 0 Å². The van der Waals surface area contributed by atoms with Gasteiger partial charge in [-0.15, -0.1) is 0 Å². The molecule has 2 aliphatic rings. The van der Waals surface area contributed by atoms with Crippen LogP contribution in [-0.4, -0.2) is 46.8 Å². The molecule has 144 valence electrons. The number of ether oxygens (including phenoxy) is 3. The van der Waals surface area contributed by atoms with Crippen molar-refractivity contribution in [3.8, 4) is 17.6 Å². The monoisotopic (exact) mass is 375 g/mol. The van der Waals surface area contributed by atoms with Gasteiger partial charge in [-0.3, -0.25) is 10.1 Å². The lowest BCUT2D eigenvalue weighted by atomic mass is 9.91. The summed E-state index contributed by atoms with van der Waals surface area (Å²) in [6.07, 6.45) is 0.655. The quantitative estimate of drug-likeness (QED) is 0.547. The number of hydrogen-bond acceptors (Lipinski definition) is 7. The molecular formula is C18H21N3O6. The van der Waals surface area contributed by atoms with Crippen LogP contribution in [0.25, 0.3) is 0 Å². The molecule has 0 N–H and O–H groups in total. The normalized spacial score (nSPS) is 17.9. The molecule has 0 unspecified atom stereocenters. The Morgan fingerprint density at radius 2 is 2.00 bits per heavy atom. The lowest BCUT2D eigenvalue weighted by molar-refractivity contribution is -0.385. The average Bonchev–Trinajstić information content (AvgIpc) is 2.59. The van der Waals surface area contributed by atoms with Gasteiger partial charge < -0.3 is 19.1 Å². The SMILES string of the molecule is CC(C)(C)OC(=O)N1CCC2(CC1)COc1cc(C#N)c([N+](=O)[O-])cc1O2. The van der Waals surface area contributed by atoms with Gasteiger partial charge in [-0.1, -0.05) is 0 Å². The molecule has 0 aliphatic carbocycles. The van der Waals surface area contributed by atoms with Crippen LogP contribution in [0.15, 0.2) is 12.1 Å². The van der Waals surface area contributed by atoms with E-state index in [1.807, 2.05) is 20.8 Å². The summed E-state index contributed by atoms with van der Waals surface area (Å²) in [6.45, 7) is 6.57. The van der Waals surface area contributed by atoms with Gasteiger partial charge in [0.2, 0.25) is 0 Å².